The number of ether oxygens (including phenoxy) is 1. The summed E-state index contributed by atoms with van der Waals surface area (Å²) in [5.41, 5.74) is 1.57. The summed E-state index contributed by atoms with van der Waals surface area (Å²) >= 11 is 0. The Morgan fingerprint density at radius 2 is 1.86 bits per heavy atom. The normalized spacial score (nSPS) is 17.0. The van der Waals surface area contributed by atoms with Crippen LogP contribution in [-0.2, 0) is 15.8 Å². The molecule has 3 rings (SSSR count). The maximum atomic E-state index is 12.8. The van der Waals surface area contributed by atoms with Crippen molar-refractivity contribution in [3.05, 3.63) is 65.5 Å². The van der Waals surface area contributed by atoms with Crippen molar-refractivity contribution in [3.63, 3.8) is 0 Å². The first kappa shape index (κ1) is 15.0. The fourth-order valence-electron chi connectivity index (χ4n) is 2.48. The van der Waals surface area contributed by atoms with E-state index in [0.29, 0.717) is 18.7 Å². The highest BCUT2D eigenvalue weighted by molar-refractivity contribution is 7.88. The quantitative estimate of drug-likeness (QED) is 0.920. The van der Waals surface area contributed by atoms with E-state index in [0.717, 1.165) is 11.3 Å². The van der Waals surface area contributed by atoms with Crippen LogP contribution in [0.4, 0.5) is 4.39 Å². The lowest BCUT2D eigenvalue weighted by Crippen LogP contribution is -2.30. The maximum absolute atomic E-state index is 12.8. The lowest BCUT2D eigenvalue weighted by molar-refractivity contribution is 0.330. The van der Waals surface area contributed by atoms with Crippen LogP contribution in [0.2, 0.25) is 0 Å². The van der Waals surface area contributed by atoms with E-state index in [4.69, 9.17) is 4.74 Å². The molecule has 1 aliphatic rings. The molecule has 4 nitrogen and oxygen atoms in total. The first-order valence-electron chi connectivity index (χ1n) is 6.97. The minimum atomic E-state index is -3.47. The van der Waals surface area contributed by atoms with Crippen LogP contribution in [0.25, 0.3) is 0 Å². The summed E-state index contributed by atoms with van der Waals surface area (Å²) in [5, 5.41) is 0. The van der Waals surface area contributed by atoms with E-state index in [1.165, 1.54) is 24.3 Å². The molecule has 2 aromatic carbocycles. The zero-order valence-electron chi connectivity index (χ0n) is 11.8. The molecule has 0 saturated carbocycles. The highest BCUT2D eigenvalue weighted by Crippen LogP contribution is 2.32. The number of halogens is 1. The van der Waals surface area contributed by atoms with Gasteiger partial charge in [-0.1, -0.05) is 30.3 Å². The van der Waals surface area contributed by atoms with Gasteiger partial charge in [0.15, 0.2) is 0 Å². The van der Waals surface area contributed by atoms with E-state index in [9.17, 15) is 12.8 Å². The van der Waals surface area contributed by atoms with Crippen molar-refractivity contribution in [3.8, 4) is 5.75 Å². The van der Waals surface area contributed by atoms with Gasteiger partial charge in [0.2, 0.25) is 10.0 Å². The Morgan fingerprint density at radius 3 is 2.64 bits per heavy atom. The average molecular weight is 321 g/mol. The van der Waals surface area contributed by atoms with Crippen molar-refractivity contribution in [1.29, 1.82) is 0 Å². The number of sulfonamides is 1. The molecule has 0 spiro atoms. The third-order valence-corrected chi connectivity index (χ3v) is 4.94. The maximum Gasteiger partial charge on any atom is 0.215 e. The molecule has 1 aliphatic heterocycles. The fourth-order valence-corrected chi connectivity index (χ4v) is 3.67. The zero-order chi connectivity index (χ0) is 15.6. The summed E-state index contributed by atoms with van der Waals surface area (Å²) in [7, 11) is -3.47. The molecule has 1 unspecified atom stereocenters. The third-order valence-electron chi connectivity index (χ3n) is 3.62. The second kappa shape index (κ2) is 6.06. The molecule has 1 N–H and O–H groups in total. The van der Waals surface area contributed by atoms with Gasteiger partial charge in [-0.15, -0.1) is 0 Å². The Bertz CT molecular complexity index is 759. The topological polar surface area (TPSA) is 55.4 Å². The molecule has 0 amide bonds. The minimum absolute atomic E-state index is 0.0131. The van der Waals surface area contributed by atoms with Gasteiger partial charge in [-0.3, -0.25) is 0 Å². The molecule has 22 heavy (non-hydrogen) atoms. The molecule has 0 radical (unpaired) electrons. The molecular formula is C16H16FNO3S. The molecule has 0 bridgehead atoms. The van der Waals surface area contributed by atoms with Gasteiger partial charge in [0.1, 0.15) is 11.6 Å². The number of benzene rings is 2. The molecule has 6 heteroatoms. The number of hydrogen-bond acceptors (Lipinski definition) is 3. The molecule has 2 aromatic rings. The summed E-state index contributed by atoms with van der Waals surface area (Å²) in [6, 6.07) is 13.1. The van der Waals surface area contributed by atoms with Gasteiger partial charge < -0.3 is 4.74 Å². The second-order valence-corrected chi connectivity index (χ2v) is 7.09. The Hall–Kier alpha value is -1.92. The molecule has 0 aliphatic carbocycles. The van der Waals surface area contributed by atoms with Crippen LogP contribution in [0.15, 0.2) is 48.5 Å². The molecule has 1 atom stereocenters. The van der Waals surface area contributed by atoms with Crippen LogP contribution < -0.4 is 9.46 Å². The van der Waals surface area contributed by atoms with Crippen LogP contribution in [0.1, 0.15) is 17.0 Å². The first-order valence-corrected chi connectivity index (χ1v) is 8.62. The number of fused-ring (bicyclic) bond motifs is 1. The Balaban J connectivity index is 1.62. The summed E-state index contributed by atoms with van der Waals surface area (Å²) in [5.74, 6) is 0.279. The molecule has 116 valence electrons. The Labute approximate surface area is 129 Å². The summed E-state index contributed by atoms with van der Waals surface area (Å²) in [4.78, 5) is 0. The van der Waals surface area contributed by atoms with Crippen molar-refractivity contribution in [2.75, 3.05) is 13.2 Å². The van der Waals surface area contributed by atoms with Gasteiger partial charge in [-0.25, -0.2) is 17.5 Å². The standard InChI is InChI=1S/C16H16FNO3S/c17-14-7-5-12(6-8-14)11-22(19,20)18-9-13-10-21-16-4-2-1-3-15(13)16/h1-8,13,18H,9-11H2. The predicted octanol–water partition coefficient (Wildman–Crippen LogP) is 2.42. The summed E-state index contributed by atoms with van der Waals surface area (Å²) < 4.78 is 45.2. The van der Waals surface area contributed by atoms with Crippen LogP contribution in [-0.4, -0.2) is 21.6 Å². The molecule has 1 heterocycles. The van der Waals surface area contributed by atoms with Gasteiger partial charge in [-0.2, -0.15) is 0 Å². The predicted molar refractivity (Wildman–Crippen MR) is 81.7 cm³/mol. The molecule has 0 fully saturated rings. The van der Waals surface area contributed by atoms with E-state index in [1.54, 1.807) is 0 Å². The van der Waals surface area contributed by atoms with Crippen molar-refractivity contribution >= 4 is 10.0 Å². The lowest BCUT2D eigenvalue weighted by Gasteiger charge is -2.11. The van der Waals surface area contributed by atoms with E-state index in [2.05, 4.69) is 4.72 Å². The van der Waals surface area contributed by atoms with Crippen molar-refractivity contribution in [1.82, 2.24) is 4.72 Å². The number of nitrogens with one attached hydrogen (secondary N) is 1. The molecule has 0 aromatic heterocycles. The summed E-state index contributed by atoms with van der Waals surface area (Å²) in [6.45, 7) is 0.763. The van der Waals surface area contributed by atoms with E-state index in [-0.39, 0.29) is 17.5 Å². The average Bonchev–Trinajstić information content (AvgIpc) is 2.91. The molecule has 0 saturated heterocycles. The minimum Gasteiger partial charge on any atom is -0.493 e. The second-order valence-electron chi connectivity index (χ2n) is 5.28. The van der Waals surface area contributed by atoms with Gasteiger partial charge in [-0.05, 0) is 23.8 Å². The Morgan fingerprint density at radius 1 is 1.14 bits per heavy atom. The van der Waals surface area contributed by atoms with Crippen molar-refractivity contribution < 1.29 is 17.5 Å². The van der Waals surface area contributed by atoms with Crippen LogP contribution in [0, 0.1) is 5.82 Å². The van der Waals surface area contributed by atoms with Gasteiger partial charge in [0, 0.05) is 18.0 Å². The highest BCUT2D eigenvalue weighted by atomic mass is 32.2. The molecular weight excluding hydrogens is 305 g/mol. The van der Waals surface area contributed by atoms with Gasteiger partial charge in [0.05, 0.1) is 12.4 Å². The monoisotopic (exact) mass is 321 g/mol. The van der Waals surface area contributed by atoms with E-state index < -0.39 is 10.0 Å². The van der Waals surface area contributed by atoms with Crippen molar-refractivity contribution in [2.45, 2.75) is 11.7 Å². The number of hydrogen-bond donors (Lipinski definition) is 1. The lowest BCUT2D eigenvalue weighted by atomic mass is 10.0. The van der Waals surface area contributed by atoms with Crippen LogP contribution >= 0.6 is 0 Å². The first-order chi connectivity index (χ1) is 10.5. The number of para-hydroxylation sites is 1. The largest absolute Gasteiger partial charge is 0.493 e. The van der Waals surface area contributed by atoms with E-state index >= 15 is 0 Å². The highest BCUT2D eigenvalue weighted by Gasteiger charge is 2.25. The smallest absolute Gasteiger partial charge is 0.215 e. The van der Waals surface area contributed by atoms with Crippen LogP contribution in [0.3, 0.4) is 0 Å². The Kier molecular flexibility index (Phi) is 4.13. The van der Waals surface area contributed by atoms with Crippen molar-refractivity contribution in [2.24, 2.45) is 0 Å². The van der Waals surface area contributed by atoms with E-state index in [1.807, 2.05) is 24.3 Å². The third kappa shape index (κ3) is 3.45. The zero-order valence-corrected chi connectivity index (χ0v) is 12.6. The number of rotatable bonds is 5. The SMILES string of the molecule is O=S(=O)(Cc1ccc(F)cc1)NCC1COc2ccccc21. The van der Waals surface area contributed by atoms with Gasteiger partial charge in [0.25, 0.3) is 0 Å². The van der Waals surface area contributed by atoms with Crippen LogP contribution in [0.5, 0.6) is 5.75 Å². The van der Waals surface area contributed by atoms with Gasteiger partial charge >= 0.3 is 0 Å². The fraction of sp³-hybridized carbons (Fsp3) is 0.250. The summed E-state index contributed by atoms with van der Waals surface area (Å²) in [6.07, 6.45) is 0.